The van der Waals surface area contributed by atoms with Gasteiger partial charge in [0.25, 0.3) is 11.8 Å². The Kier molecular flexibility index (Phi) is 6.70. The van der Waals surface area contributed by atoms with Crippen LogP contribution < -0.4 is 9.80 Å². The molecule has 0 N–H and O–H groups in total. The Morgan fingerprint density at radius 1 is 0.938 bits per heavy atom. The molecule has 4 rings (SSSR count). The molecule has 8 nitrogen and oxygen atoms in total. The molecule has 0 aliphatic carbocycles. The minimum atomic E-state index is -0.690. The summed E-state index contributed by atoms with van der Waals surface area (Å²) in [5, 5.41) is 0. The lowest BCUT2D eigenvalue weighted by Crippen LogP contribution is -2.57. The predicted octanol–water partition coefficient (Wildman–Crippen LogP) is 3.69. The third-order valence-electron chi connectivity index (χ3n) is 5.68. The van der Waals surface area contributed by atoms with Crippen LogP contribution in [0, 0.1) is 0 Å². The zero-order valence-corrected chi connectivity index (χ0v) is 18.2. The van der Waals surface area contributed by atoms with E-state index in [1.807, 2.05) is 6.07 Å². The van der Waals surface area contributed by atoms with Crippen molar-refractivity contribution in [1.29, 1.82) is 0 Å². The molecule has 2 aromatic rings. The van der Waals surface area contributed by atoms with E-state index in [4.69, 9.17) is 9.15 Å². The summed E-state index contributed by atoms with van der Waals surface area (Å²) in [6.45, 7) is 2.05. The number of amides is 4. The summed E-state index contributed by atoms with van der Waals surface area (Å²) in [7, 11) is 1.49. The topological polar surface area (TPSA) is 83.3 Å². The summed E-state index contributed by atoms with van der Waals surface area (Å²) in [4.78, 5) is 43.5. The average molecular weight is 437 g/mol. The van der Waals surface area contributed by atoms with Gasteiger partial charge in [0, 0.05) is 26.3 Å². The Labute approximate surface area is 187 Å². The standard InChI is InChI=1S/C24H27N3O5/c1-31-16-15-26-22(28)20(23(29)27(24(26)30)18-9-5-4-6-10-18)17-19-11-12-21(32-19)25-13-7-2-3-8-14-25/h4-6,9-12,17H,2-3,7-8,13-16H2,1H3/b20-17+. The molecule has 1 aromatic heterocycles. The lowest BCUT2D eigenvalue weighted by molar-refractivity contribution is -0.129. The quantitative estimate of drug-likeness (QED) is 0.506. The van der Waals surface area contributed by atoms with Gasteiger partial charge in [0.05, 0.1) is 18.8 Å². The number of furan rings is 1. The van der Waals surface area contributed by atoms with Crippen LogP contribution in [0.15, 0.2) is 52.5 Å². The minimum Gasteiger partial charge on any atom is -0.441 e. The van der Waals surface area contributed by atoms with Crippen molar-refractivity contribution in [3.8, 4) is 0 Å². The Morgan fingerprint density at radius 3 is 2.34 bits per heavy atom. The first-order chi connectivity index (χ1) is 15.6. The number of anilines is 2. The van der Waals surface area contributed by atoms with Crippen molar-refractivity contribution in [2.45, 2.75) is 25.7 Å². The molecule has 2 aliphatic heterocycles. The third-order valence-corrected chi connectivity index (χ3v) is 5.68. The van der Waals surface area contributed by atoms with Gasteiger partial charge in [-0.25, -0.2) is 9.69 Å². The van der Waals surface area contributed by atoms with Gasteiger partial charge in [0.15, 0.2) is 5.88 Å². The normalized spacial score (nSPS) is 19.1. The highest BCUT2D eigenvalue weighted by Crippen LogP contribution is 2.28. The maximum atomic E-state index is 13.2. The number of rotatable bonds is 6. The van der Waals surface area contributed by atoms with Crippen LogP contribution in [0.3, 0.4) is 0 Å². The van der Waals surface area contributed by atoms with Crippen LogP contribution >= 0.6 is 0 Å². The van der Waals surface area contributed by atoms with E-state index in [9.17, 15) is 14.4 Å². The van der Waals surface area contributed by atoms with Crippen LogP contribution in [0.25, 0.3) is 6.08 Å². The van der Waals surface area contributed by atoms with Crippen molar-refractivity contribution in [3.63, 3.8) is 0 Å². The number of imide groups is 2. The molecular formula is C24H27N3O5. The molecule has 0 spiro atoms. The van der Waals surface area contributed by atoms with Crippen molar-refractivity contribution in [3.05, 3.63) is 53.8 Å². The SMILES string of the molecule is COCCN1C(=O)/C(=C\c2ccc(N3CCCCCC3)o2)C(=O)N(c2ccccc2)C1=O. The number of carbonyl (C=O) groups excluding carboxylic acids is 3. The minimum absolute atomic E-state index is 0.0410. The first kappa shape index (κ1) is 21.8. The molecule has 0 atom stereocenters. The number of methoxy groups -OCH3 is 1. The molecule has 32 heavy (non-hydrogen) atoms. The molecule has 0 unspecified atom stereocenters. The highest BCUT2D eigenvalue weighted by molar-refractivity contribution is 6.39. The van der Waals surface area contributed by atoms with Crippen LogP contribution in [-0.2, 0) is 14.3 Å². The van der Waals surface area contributed by atoms with Crippen molar-refractivity contribution in [2.75, 3.05) is 43.2 Å². The Balaban J connectivity index is 1.66. The van der Waals surface area contributed by atoms with Crippen molar-refractivity contribution in [2.24, 2.45) is 0 Å². The Morgan fingerprint density at radius 2 is 1.66 bits per heavy atom. The summed E-state index contributed by atoms with van der Waals surface area (Å²) >= 11 is 0. The Bertz CT molecular complexity index is 1010. The first-order valence-corrected chi connectivity index (χ1v) is 10.9. The van der Waals surface area contributed by atoms with Gasteiger partial charge in [-0.15, -0.1) is 0 Å². The molecule has 0 saturated carbocycles. The largest absolute Gasteiger partial charge is 0.441 e. The molecular weight excluding hydrogens is 410 g/mol. The Hall–Kier alpha value is -3.39. The van der Waals surface area contributed by atoms with Gasteiger partial charge in [0.2, 0.25) is 0 Å². The fourth-order valence-corrected chi connectivity index (χ4v) is 3.98. The lowest BCUT2D eigenvalue weighted by Gasteiger charge is -2.33. The maximum Gasteiger partial charge on any atom is 0.338 e. The third kappa shape index (κ3) is 4.45. The van der Waals surface area contributed by atoms with Gasteiger partial charge >= 0.3 is 6.03 Å². The maximum absolute atomic E-state index is 13.2. The molecule has 2 aliphatic rings. The highest BCUT2D eigenvalue weighted by atomic mass is 16.5. The van der Waals surface area contributed by atoms with Crippen LogP contribution in [-0.4, -0.2) is 56.1 Å². The van der Waals surface area contributed by atoms with Gasteiger partial charge in [-0.1, -0.05) is 31.0 Å². The van der Waals surface area contributed by atoms with E-state index in [0.29, 0.717) is 11.4 Å². The average Bonchev–Trinajstić information content (AvgIpc) is 3.10. The van der Waals surface area contributed by atoms with Crippen LogP contribution in [0.4, 0.5) is 16.4 Å². The summed E-state index contributed by atoms with van der Waals surface area (Å²) in [6.07, 6.45) is 6.05. The van der Waals surface area contributed by atoms with Crippen LogP contribution in [0.2, 0.25) is 0 Å². The summed E-state index contributed by atoms with van der Waals surface area (Å²) in [6, 6.07) is 11.5. The van der Waals surface area contributed by atoms with Gasteiger partial charge < -0.3 is 14.1 Å². The molecule has 3 heterocycles. The smallest absolute Gasteiger partial charge is 0.338 e. The second kappa shape index (κ2) is 9.82. The molecule has 2 fully saturated rings. The van der Waals surface area contributed by atoms with Crippen LogP contribution in [0.5, 0.6) is 0 Å². The van der Waals surface area contributed by atoms with Gasteiger partial charge in [-0.3, -0.25) is 14.5 Å². The van der Waals surface area contributed by atoms with Gasteiger partial charge in [0.1, 0.15) is 11.3 Å². The van der Waals surface area contributed by atoms with E-state index < -0.39 is 17.8 Å². The van der Waals surface area contributed by atoms with Crippen molar-refractivity contribution < 1.29 is 23.5 Å². The number of benzene rings is 1. The molecule has 4 amide bonds. The number of barbiturate groups is 1. The molecule has 2 saturated heterocycles. The number of ether oxygens (including phenoxy) is 1. The molecule has 1 aromatic carbocycles. The van der Waals surface area contributed by atoms with E-state index in [1.165, 1.54) is 26.0 Å². The highest BCUT2D eigenvalue weighted by Gasteiger charge is 2.42. The zero-order valence-electron chi connectivity index (χ0n) is 18.2. The van der Waals surface area contributed by atoms with Crippen LogP contribution in [0.1, 0.15) is 31.4 Å². The van der Waals surface area contributed by atoms with Crippen molar-refractivity contribution in [1.82, 2.24) is 4.90 Å². The molecule has 0 radical (unpaired) electrons. The number of carbonyl (C=O) groups is 3. The number of hydrogen-bond acceptors (Lipinski definition) is 6. The van der Waals surface area contributed by atoms with Crippen molar-refractivity contribution >= 4 is 35.5 Å². The van der Waals surface area contributed by atoms with E-state index in [1.54, 1.807) is 36.4 Å². The van der Waals surface area contributed by atoms with Gasteiger partial charge in [-0.2, -0.15) is 0 Å². The fourth-order valence-electron chi connectivity index (χ4n) is 3.98. The van der Waals surface area contributed by atoms with E-state index >= 15 is 0 Å². The number of hydrogen-bond donors (Lipinski definition) is 0. The second-order valence-electron chi connectivity index (χ2n) is 7.84. The first-order valence-electron chi connectivity index (χ1n) is 10.9. The predicted molar refractivity (Wildman–Crippen MR) is 120 cm³/mol. The lowest BCUT2D eigenvalue weighted by atomic mass is 10.1. The monoisotopic (exact) mass is 437 g/mol. The summed E-state index contributed by atoms with van der Waals surface area (Å²) in [5.41, 5.74) is 0.273. The van der Waals surface area contributed by atoms with E-state index in [-0.39, 0.29) is 18.7 Å². The zero-order chi connectivity index (χ0) is 22.5. The summed E-state index contributed by atoms with van der Waals surface area (Å²) < 4.78 is 11.0. The number of urea groups is 1. The van der Waals surface area contributed by atoms with Gasteiger partial charge in [-0.05, 0) is 37.1 Å². The van der Waals surface area contributed by atoms with E-state index in [0.717, 1.165) is 41.6 Å². The number of para-hydroxylation sites is 1. The second-order valence-corrected chi connectivity index (χ2v) is 7.84. The summed E-state index contributed by atoms with van der Waals surface area (Å²) in [5.74, 6) is -0.207. The fraction of sp³-hybridized carbons (Fsp3) is 0.375. The molecule has 8 heteroatoms. The molecule has 0 bridgehead atoms. The van der Waals surface area contributed by atoms with E-state index in [2.05, 4.69) is 4.90 Å². The number of nitrogens with zero attached hydrogens (tertiary/aromatic N) is 3. The molecule has 168 valence electrons.